The molecule has 200 valence electrons. The summed E-state index contributed by atoms with van der Waals surface area (Å²) in [6, 6.07) is 0. The van der Waals surface area contributed by atoms with Gasteiger partial charge < -0.3 is 59.6 Å². The fourth-order valence-corrected chi connectivity index (χ4v) is 2.81. The number of hydrogen-bond acceptors (Lipinski definition) is 11. The van der Waals surface area contributed by atoms with Crippen molar-refractivity contribution in [3.63, 3.8) is 0 Å². The first-order valence-corrected chi connectivity index (χ1v) is 11.8. The van der Waals surface area contributed by atoms with Crippen LogP contribution in [0.15, 0.2) is 0 Å². The van der Waals surface area contributed by atoms with Crippen LogP contribution in [-0.4, -0.2) is 130 Å². The molecule has 0 atom stereocenters. The average molecular weight is 486 g/mol. The first-order valence-electron chi connectivity index (χ1n) is 11.8. The van der Waals surface area contributed by atoms with Crippen LogP contribution in [0.4, 0.5) is 0 Å². The van der Waals surface area contributed by atoms with Crippen LogP contribution in [0.3, 0.4) is 0 Å². The Morgan fingerprint density at radius 3 is 0.970 bits per heavy atom. The molecule has 0 aromatic carbocycles. The van der Waals surface area contributed by atoms with Crippen molar-refractivity contribution in [2.45, 2.75) is 13.3 Å². The van der Waals surface area contributed by atoms with Gasteiger partial charge in [-0.2, -0.15) is 0 Å². The van der Waals surface area contributed by atoms with Crippen LogP contribution in [0.2, 0.25) is 0 Å². The monoisotopic (exact) mass is 485 g/mol. The van der Waals surface area contributed by atoms with Crippen LogP contribution in [0.25, 0.3) is 0 Å². The zero-order valence-electron chi connectivity index (χ0n) is 20.6. The maximum Gasteiger partial charge on any atom is 0.147 e. The third kappa shape index (κ3) is 21.8. The van der Waals surface area contributed by atoms with Gasteiger partial charge in [-0.05, 0) is 6.42 Å². The lowest BCUT2D eigenvalue weighted by Gasteiger charge is -2.38. The second kappa shape index (κ2) is 26.1. The Balaban J connectivity index is 4.74. The van der Waals surface area contributed by atoms with Gasteiger partial charge in [-0.1, -0.05) is 6.92 Å². The first-order chi connectivity index (χ1) is 16.2. The van der Waals surface area contributed by atoms with Gasteiger partial charge in [0.05, 0.1) is 46.2 Å². The molecule has 0 heterocycles. The summed E-state index contributed by atoms with van der Waals surface area (Å²) in [6.07, 6.45) is 0.958. The van der Waals surface area contributed by atoms with Crippen LogP contribution in [0, 0.1) is 0 Å². The summed E-state index contributed by atoms with van der Waals surface area (Å²) < 4.78 is 44.7. The molecule has 12 nitrogen and oxygen atoms in total. The maximum absolute atomic E-state index is 5.69. The molecule has 0 saturated carbocycles. The fraction of sp³-hybridized carbons (Fsp3) is 1.00. The molecule has 0 unspecified atom stereocenters. The van der Waals surface area contributed by atoms with Crippen LogP contribution in [0.1, 0.15) is 13.3 Å². The highest BCUT2D eigenvalue weighted by molar-refractivity contribution is 4.48. The molecule has 0 aliphatic rings. The number of hydrogen-bond donors (Lipinski definition) is 3. The van der Waals surface area contributed by atoms with E-state index in [0.717, 1.165) is 32.6 Å². The van der Waals surface area contributed by atoms with Gasteiger partial charge in [0.25, 0.3) is 0 Å². The molecule has 0 aliphatic heterocycles. The Labute approximate surface area is 199 Å². The van der Waals surface area contributed by atoms with E-state index >= 15 is 0 Å². The van der Waals surface area contributed by atoms with Crippen LogP contribution in [-0.2, 0) is 37.9 Å². The van der Waals surface area contributed by atoms with E-state index in [1.54, 1.807) is 0 Å². The molecule has 0 amide bonds. The van der Waals surface area contributed by atoms with Crippen LogP contribution in [0.5, 0.6) is 0 Å². The van der Waals surface area contributed by atoms with Crippen molar-refractivity contribution in [2.75, 3.05) is 126 Å². The molecule has 0 saturated heterocycles. The maximum atomic E-state index is 5.69. The molecule has 0 rings (SSSR count). The van der Waals surface area contributed by atoms with Gasteiger partial charge in [-0.25, -0.2) is 0 Å². The highest BCUT2D eigenvalue weighted by Gasteiger charge is 2.27. The van der Waals surface area contributed by atoms with Crippen molar-refractivity contribution < 1.29 is 42.4 Å². The third-order valence-corrected chi connectivity index (χ3v) is 4.64. The lowest BCUT2D eigenvalue weighted by atomic mass is 10.3. The van der Waals surface area contributed by atoms with Crippen molar-refractivity contribution in [3.05, 3.63) is 0 Å². The normalized spacial score (nSPS) is 12.0. The van der Waals surface area contributed by atoms with Crippen molar-refractivity contribution in [2.24, 2.45) is 17.2 Å². The number of quaternary nitrogens is 1. The van der Waals surface area contributed by atoms with E-state index < -0.39 is 0 Å². The van der Waals surface area contributed by atoms with E-state index in [1.165, 1.54) is 0 Å². The summed E-state index contributed by atoms with van der Waals surface area (Å²) in [6.45, 7) is 11.6. The van der Waals surface area contributed by atoms with Gasteiger partial charge in [0.2, 0.25) is 0 Å². The van der Waals surface area contributed by atoms with Crippen molar-refractivity contribution in [1.29, 1.82) is 0 Å². The molecule has 6 N–H and O–H groups in total. The summed E-state index contributed by atoms with van der Waals surface area (Å²) in [5, 5.41) is 0. The van der Waals surface area contributed by atoms with Gasteiger partial charge in [-0.15, -0.1) is 0 Å². The van der Waals surface area contributed by atoms with E-state index in [4.69, 9.17) is 55.1 Å². The van der Waals surface area contributed by atoms with E-state index in [2.05, 4.69) is 6.92 Å². The molecule has 0 aliphatic carbocycles. The predicted molar refractivity (Wildman–Crippen MR) is 124 cm³/mol. The molecule has 0 spiro atoms. The van der Waals surface area contributed by atoms with Crippen LogP contribution < -0.4 is 17.2 Å². The zero-order valence-corrected chi connectivity index (χ0v) is 20.6. The molecular weight excluding hydrogens is 436 g/mol. The van der Waals surface area contributed by atoms with Gasteiger partial charge >= 0.3 is 0 Å². The molecule has 0 aromatic rings. The summed E-state index contributed by atoms with van der Waals surface area (Å²) in [4.78, 5) is 0. The zero-order chi connectivity index (χ0) is 24.3. The lowest BCUT2D eigenvalue weighted by molar-refractivity contribution is -0.929. The van der Waals surface area contributed by atoms with Crippen molar-refractivity contribution in [3.8, 4) is 0 Å². The second-order valence-electron chi connectivity index (χ2n) is 7.34. The van der Waals surface area contributed by atoms with E-state index in [9.17, 15) is 0 Å². The van der Waals surface area contributed by atoms with Crippen LogP contribution >= 0.6 is 0 Å². The molecule has 33 heavy (non-hydrogen) atoms. The molecule has 0 fully saturated rings. The Morgan fingerprint density at radius 1 is 0.424 bits per heavy atom. The molecule has 0 bridgehead atoms. The minimum Gasteiger partial charge on any atom is -0.355 e. The topological polar surface area (TPSA) is 152 Å². The summed E-state index contributed by atoms with van der Waals surface area (Å²) in [5.74, 6) is 0. The summed E-state index contributed by atoms with van der Waals surface area (Å²) in [5.41, 5.74) is 16.3. The first kappa shape index (κ1) is 32.5. The van der Waals surface area contributed by atoms with Crippen molar-refractivity contribution in [1.82, 2.24) is 0 Å². The standard InChI is InChI=1S/C21H49N4O8/c1-2-10-26-18-30-14-6-25(7-15-31-19-27-11-3-22,8-16-32-20-28-12-4-23)9-17-33-21-29-13-5-24/h2-24H2,1H3/q+1. The summed E-state index contributed by atoms with van der Waals surface area (Å²) in [7, 11) is 0. The largest absolute Gasteiger partial charge is 0.355 e. The minimum absolute atomic E-state index is 0.214. The van der Waals surface area contributed by atoms with E-state index in [-0.39, 0.29) is 27.2 Å². The molecule has 0 aromatic heterocycles. The third-order valence-electron chi connectivity index (χ3n) is 4.64. The van der Waals surface area contributed by atoms with Gasteiger partial charge in [-0.3, -0.25) is 0 Å². The van der Waals surface area contributed by atoms with Gasteiger partial charge in [0.15, 0.2) is 0 Å². The Morgan fingerprint density at radius 2 is 0.697 bits per heavy atom. The Bertz CT molecular complexity index is 317. The number of nitrogens with two attached hydrogens (primary N) is 3. The lowest BCUT2D eigenvalue weighted by Crippen LogP contribution is -2.55. The van der Waals surface area contributed by atoms with Crippen molar-refractivity contribution >= 4 is 0 Å². The number of rotatable bonds is 28. The Hall–Kier alpha value is -0.480. The highest BCUT2D eigenvalue weighted by atomic mass is 16.7. The van der Waals surface area contributed by atoms with Gasteiger partial charge in [0, 0.05) is 26.2 Å². The molecular formula is C21H49N4O8+. The quantitative estimate of drug-likeness (QED) is 0.0714. The number of ether oxygens (including phenoxy) is 8. The second-order valence-corrected chi connectivity index (χ2v) is 7.34. The minimum atomic E-state index is 0.214. The predicted octanol–water partition coefficient (Wildman–Crippen LogP) is -0.948. The highest BCUT2D eigenvalue weighted by Crippen LogP contribution is 2.08. The molecule has 0 radical (unpaired) electrons. The molecule has 12 heteroatoms. The number of nitrogens with zero attached hydrogens (tertiary/aromatic N) is 1. The van der Waals surface area contributed by atoms with E-state index in [1.807, 2.05) is 0 Å². The van der Waals surface area contributed by atoms with Gasteiger partial charge in [0.1, 0.15) is 53.4 Å². The Kier molecular flexibility index (Phi) is 25.8. The fourth-order valence-electron chi connectivity index (χ4n) is 2.81. The average Bonchev–Trinajstić information content (AvgIpc) is 2.83. The summed E-state index contributed by atoms with van der Waals surface area (Å²) >= 11 is 0. The smallest absolute Gasteiger partial charge is 0.147 e. The van der Waals surface area contributed by atoms with E-state index in [0.29, 0.717) is 77.0 Å². The SMILES string of the molecule is CCCOCOCC[N+](CCOCOCCN)(CCOCOCCN)CCOCOCCN.